The van der Waals surface area contributed by atoms with Crippen molar-refractivity contribution in [2.45, 2.75) is 0 Å². The van der Waals surface area contributed by atoms with Crippen molar-refractivity contribution in [1.82, 2.24) is 0 Å². The van der Waals surface area contributed by atoms with E-state index in [0.717, 1.165) is 67.2 Å². The quantitative estimate of drug-likeness (QED) is 0.0889. The Balaban J connectivity index is 0.918. The summed E-state index contributed by atoms with van der Waals surface area (Å²) in [5.74, 6) is 0. The summed E-state index contributed by atoms with van der Waals surface area (Å²) in [4.78, 5) is 4.88. The number of benzene rings is 19. The smallest absolute Gasteiger partial charge is 0.0473 e. The molecule has 0 radical (unpaired) electrons. The van der Waals surface area contributed by atoms with Crippen molar-refractivity contribution in [3.8, 4) is 66.8 Å². The predicted molar refractivity (Wildman–Crippen MR) is 428 cm³/mol. The van der Waals surface area contributed by atoms with Crippen LogP contribution >= 0.6 is 0 Å². The van der Waals surface area contributed by atoms with Crippen LogP contribution in [0.1, 0.15) is 0 Å². The second kappa shape index (κ2) is 24.5. The molecule has 0 aliphatic carbocycles. The van der Waals surface area contributed by atoms with Gasteiger partial charge in [0.15, 0.2) is 0 Å². The van der Waals surface area contributed by atoms with Crippen molar-refractivity contribution < 1.29 is 0 Å². The van der Waals surface area contributed by atoms with Crippen molar-refractivity contribution in [2.24, 2.45) is 0 Å². The maximum absolute atomic E-state index is 2.48. The lowest BCUT2D eigenvalue weighted by Gasteiger charge is -2.28. The third-order valence-electron chi connectivity index (χ3n) is 20.4. The van der Waals surface area contributed by atoms with Crippen molar-refractivity contribution in [1.29, 1.82) is 0 Å². The van der Waals surface area contributed by atoms with Crippen LogP contribution in [-0.4, -0.2) is 0 Å². The Morgan fingerprint density at radius 3 is 0.770 bits per heavy atom. The van der Waals surface area contributed by atoms with Crippen molar-refractivity contribution in [3.63, 3.8) is 0 Å². The number of hydrogen-bond acceptors (Lipinski definition) is 2. The number of fused-ring (bicyclic) bond motifs is 12. The van der Waals surface area contributed by atoms with Gasteiger partial charge in [0.1, 0.15) is 0 Å². The van der Waals surface area contributed by atoms with Crippen LogP contribution < -0.4 is 9.80 Å². The Morgan fingerprint density at radius 2 is 0.420 bits per heavy atom. The van der Waals surface area contributed by atoms with Crippen molar-refractivity contribution >= 4 is 120 Å². The third kappa shape index (κ3) is 10.1. The van der Waals surface area contributed by atoms with Crippen LogP contribution in [0.25, 0.3) is 153 Å². The fraction of sp³-hybridized carbons (Fsp3) is 0. The summed E-state index contributed by atoms with van der Waals surface area (Å²) >= 11 is 0. The molecule has 100 heavy (non-hydrogen) atoms. The Labute approximate surface area is 581 Å². The summed E-state index contributed by atoms with van der Waals surface area (Å²) in [6.45, 7) is 0. The largest absolute Gasteiger partial charge is 0.310 e. The number of para-hydroxylation sites is 2. The highest BCUT2D eigenvalue weighted by atomic mass is 15.1. The molecule has 0 unspecified atom stereocenters. The fourth-order valence-corrected chi connectivity index (χ4v) is 15.9. The topological polar surface area (TPSA) is 6.48 Å². The molecule has 2 heteroatoms. The minimum Gasteiger partial charge on any atom is -0.310 e. The number of hydrogen-bond donors (Lipinski definition) is 0. The maximum atomic E-state index is 2.48. The van der Waals surface area contributed by atoms with Crippen LogP contribution in [0.2, 0.25) is 0 Å². The van der Waals surface area contributed by atoms with Gasteiger partial charge in [0.2, 0.25) is 0 Å². The van der Waals surface area contributed by atoms with Crippen molar-refractivity contribution in [2.75, 3.05) is 9.80 Å². The molecule has 0 heterocycles. The van der Waals surface area contributed by atoms with E-state index >= 15 is 0 Å². The molecule has 466 valence electrons. The lowest BCUT2D eigenvalue weighted by atomic mass is 9.79. The van der Waals surface area contributed by atoms with E-state index in [1.165, 1.54) is 120 Å². The summed E-state index contributed by atoms with van der Waals surface area (Å²) in [6.07, 6.45) is 0. The Kier molecular flexibility index (Phi) is 14.3. The van der Waals surface area contributed by atoms with Gasteiger partial charge in [0.25, 0.3) is 0 Å². The van der Waals surface area contributed by atoms with E-state index in [1.807, 2.05) is 0 Å². The summed E-state index contributed by atoms with van der Waals surface area (Å²) in [7, 11) is 0. The molecule has 0 aliphatic rings. The second-order valence-electron chi connectivity index (χ2n) is 26.3. The normalized spacial score (nSPS) is 11.6. The Morgan fingerprint density at radius 1 is 0.140 bits per heavy atom. The molecule has 0 amide bonds. The first-order valence-corrected chi connectivity index (χ1v) is 34.5. The molecule has 0 atom stereocenters. The summed E-state index contributed by atoms with van der Waals surface area (Å²) in [6, 6.07) is 144. The van der Waals surface area contributed by atoms with E-state index in [9.17, 15) is 0 Å². The van der Waals surface area contributed by atoms with Gasteiger partial charge in [-0.25, -0.2) is 0 Å². The van der Waals surface area contributed by atoms with Gasteiger partial charge in [0.05, 0.1) is 0 Å². The van der Waals surface area contributed by atoms with Gasteiger partial charge in [0, 0.05) is 34.1 Å². The zero-order valence-electron chi connectivity index (χ0n) is 54.8. The minimum absolute atomic E-state index is 1.07. The van der Waals surface area contributed by atoms with Gasteiger partial charge in [-0.1, -0.05) is 291 Å². The lowest BCUT2D eigenvalue weighted by molar-refractivity contribution is 1.29. The highest BCUT2D eigenvalue weighted by molar-refractivity contribution is 6.36. The minimum atomic E-state index is 1.07. The predicted octanol–water partition coefficient (Wildman–Crippen LogP) is 27.9. The summed E-state index contributed by atoms with van der Waals surface area (Å²) in [5.41, 5.74) is 20.5. The van der Waals surface area contributed by atoms with Gasteiger partial charge in [-0.15, -0.1) is 0 Å². The van der Waals surface area contributed by atoms with Crippen LogP contribution in [0.3, 0.4) is 0 Å². The molecule has 0 aliphatic heterocycles. The van der Waals surface area contributed by atoms with Gasteiger partial charge in [-0.05, 0) is 250 Å². The van der Waals surface area contributed by atoms with Crippen LogP contribution in [0.4, 0.5) is 34.1 Å². The van der Waals surface area contributed by atoms with Crippen LogP contribution in [0, 0.1) is 0 Å². The molecule has 0 spiro atoms. The average Bonchev–Trinajstić information content (AvgIpc) is 0.697. The molecule has 0 saturated carbocycles. The second-order valence-corrected chi connectivity index (χ2v) is 26.3. The lowest BCUT2D eigenvalue weighted by Crippen LogP contribution is -2.10. The van der Waals surface area contributed by atoms with Gasteiger partial charge >= 0.3 is 0 Å². The van der Waals surface area contributed by atoms with Gasteiger partial charge in [-0.3, -0.25) is 0 Å². The molecular weight excluding hydrogens is 1210 g/mol. The van der Waals surface area contributed by atoms with E-state index in [4.69, 9.17) is 0 Å². The first-order chi connectivity index (χ1) is 49.6. The fourth-order valence-electron chi connectivity index (χ4n) is 15.9. The molecule has 0 N–H and O–H groups in total. The maximum Gasteiger partial charge on any atom is 0.0473 e. The zero-order chi connectivity index (χ0) is 66.0. The van der Waals surface area contributed by atoms with Crippen LogP contribution in [-0.2, 0) is 0 Å². The molecule has 19 rings (SSSR count). The summed E-state index contributed by atoms with van der Waals surface area (Å²) in [5, 5.41) is 19.2. The molecule has 0 fully saturated rings. The first kappa shape index (κ1) is 58.2. The van der Waals surface area contributed by atoms with E-state index in [2.05, 4.69) is 398 Å². The third-order valence-corrected chi connectivity index (χ3v) is 20.4. The summed E-state index contributed by atoms with van der Waals surface area (Å²) < 4.78 is 0. The van der Waals surface area contributed by atoms with E-state index in [1.54, 1.807) is 0 Å². The van der Waals surface area contributed by atoms with Crippen LogP contribution in [0.15, 0.2) is 388 Å². The molecule has 0 aromatic heterocycles. The molecule has 2 nitrogen and oxygen atoms in total. The van der Waals surface area contributed by atoms with E-state index in [-0.39, 0.29) is 0 Å². The molecule has 0 saturated heterocycles. The zero-order valence-corrected chi connectivity index (χ0v) is 54.8. The molecule has 0 bridgehead atoms. The highest BCUT2D eigenvalue weighted by Crippen LogP contribution is 2.54. The Hall–Kier alpha value is -13.1. The number of anilines is 6. The van der Waals surface area contributed by atoms with Gasteiger partial charge < -0.3 is 9.80 Å². The standard InChI is InChI=1S/C98H64N2/c1-7-27-65(28-8-1)73-55-74(66-29-9-2-10-30-66)60-81(59-73)99(77-37-15-5-16-38-77)79-49-53-85-71(57-79)47-51-91-95(85)97(93-63-69-35-19-21-41-83(69)87-43-23-25-45-89(87)93)92-52-48-72-58-80(50-54-86(72)96(92)98(91)94-64-70-36-20-22-42-84(70)88-44-24-26-46-90(88)94)100(78-39-17-6-18-40-78)82-61-75(67-31-11-3-12-32-67)56-76(62-82)68-33-13-4-14-34-68/h1-64H. The molecule has 19 aromatic carbocycles. The number of nitrogens with zero attached hydrogens (tertiary/aromatic N) is 2. The van der Waals surface area contributed by atoms with Gasteiger partial charge in [-0.2, -0.15) is 0 Å². The molecular formula is C98H64N2. The Bertz CT molecular complexity index is 5860. The molecule has 19 aromatic rings. The highest BCUT2D eigenvalue weighted by Gasteiger charge is 2.27. The average molecular weight is 1270 g/mol. The van der Waals surface area contributed by atoms with Crippen LogP contribution in [0.5, 0.6) is 0 Å². The van der Waals surface area contributed by atoms with E-state index < -0.39 is 0 Å². The monoisotopic (exact) mass is 1270 g/mol. The van der Waals surface area contributed by atoms with Crippen molar-refractivity contribution in [3.05, 3.63) is 388 Å². The SMILES string of the molecule is c1ccc(-c2cc(-c3ccccc3)cc(N(c3ccccc3)c3ccc4c(ccc5c(-c6cc7ccccc7c7ccccc67)c6c(ccc7cc(N(c8ccccc8)c8cc(-c9ccccc9)cc(-c9ccccc9)c8)ccc76)c(-c6cc7ccccc7c7ccccc67)c54)c3)c2)cc1. The first-order valence-electron chi connectivity index (χ1n) is 34.5. The van der Waals surface area contributed by atoms with E-state index in [0.29, 0.717) is 0 Å². The number of rotatable bonds is 12.